The van der Waals surface area contributed by atoms with E-state index in [1.165, 1.54) is 18.7 Å². The maximum atomic E-state index is 12.4. The van der Waals surface area contributed by atoms with Gasteiger partial charge >= 0.3 is 5.97 Å². The monoisotopic (exact) mass is 411 g/mol. The van der Waals surface area contributed by atoms with Gasteiger partial charge in [-0.05, 0) is 25.0 Å². The van der Waals surface area contributed by atoms with Crippen molar-refractivity contribution in [2.24, 2.45) is 4.99 Å². The molecule has 150 valence electrons. The van der Waals surface area contributed by atoms with Gasteiger partial charge in [0.2, 0.25) is 0 Å². The first-order chi connectivity index (χ1) is 14.0. The van der Waals surface area contributed by atoms with Crippen molar-refractivity contribution in [3.05, 3.63) is 87.1 Å². The molecule has 3 rings (SSSR count). The van der Waals surface area contributed by atoms with Gasteiger partial charge in [0, 0.05) is 17.5 Å². The number of carbonyl (C=O) groups excluding carboxylic acids is 1. The number of hydrogen-bond donors (Lipinski definition) is 1. The minimum atomic E-state index is -0.584. The Hall–Kier alpha value is -3.13. The molecule has 0 radical (unpaired) electrons. The molecule has 1 atom stereocenters. The topological polar surface area (TPSA) is 93.8 Å². The number of aryl methyl sites for hydroxylation is 1. The number of carbonyl (C=O) groups is 1. The Bertz CT molecular complexity index is 973. The van der Waals surface area contributed by atoms with Crippen LogP contribution in [-0.4, -0.2) is 35.0 Å². The third kappa shape index (κ3) is 4.83. The standard InChI is InChI=1S/C21H21N3O4S/c1-14-18(20(25)28-2)19(16-10-6-7-11-17(16)24(26)27)23-21(22-14)29-13-12-15-8-4-3-5-9-15/h3-11,21-22H,12-13H2,1-2H3. The van der Waals surface area contributed by atoms with Crippen molar-refractivity contribution in [3.8, 4) is 0 Å². The number of nitrogens with zero attached hydrogens (tertiary/aromatic N) is 2. The lowest BCUT2D eigenvalue weighted by molar-refractivity contribution is -0.385. The number of nitro benzene ring substituents is 1. The zero-order chi connectivity index (χ0) is 20.8. The molecule has 0 aromatic heterocycles. The Morgan fingerprint density at radius 2 is 1.90 bits per heavy atom. The lowest BCUT2D eigenvalue weighted by Gasteiger charge is -2.25. The Labute approximate surface area is 173 Å². The molecule has 1 unspecified atom stereocenters. The Morgan fingerprint density at radius 1 is 1.21 bits per heavy atom. The summed E-state index contributed by atoms with van der Waals surface area (Å²) in [6.45, 7) is 1.75. The number of benzene rings is 2. The van der Waals surface area contributed by atoms with Crippen molar-refractivity contribution in [2.45, 2.75) is 18.8 Å². The second-order valence-electron chi connectivity index (χ2n) is 6.35. The molecule has 0 fully saturated rings. The molecule has 0 amide bonds. The summed E-state index contributed by atoms with van der Waals surface area (Å²) in [6.07, 6.45) is 0.868. The molecule has 8 heteroatoms. The van der Waals surface area contributed by atoms with Gasteiger partial charge in [-0.2, -0.15) is 0 Å². The van der Waals surface area contributed by atoms with Gasteiger partial charge in [-0.25, -0.2) is 9.79 Å². The second-order valence-corrected chi connectivity index (χ2v) is 7.53. The molecule has 2 aromatic carbocycles. The number of allylic oxidation sites excluding steroid dienone is 1. The van der Waals surface area contributed by atoms with Gasteiger partial charge < -0.3 is 10.1 Å². The molecule has 0 spiro atoms. The average molecular weight is 411 g/mol. The maximum absolute atomic E-state index is 12.4. The summed E-state index contributed by atoms with van der Waals surface area (Å²) in [7, 11) is 1.28. The highest BCUT2D eigenvalue weighted by Gasteiger charge is 2.31. The van der Waals surface area contributed by atoms with Crippen LogP contribution in [-0.2, 0) is 16.0 Å². The van der Waals surface area contributed by atoms with Crippen molar-refractivity contribution in [2.75, 3.05) is 12.9 Å². The molecule has 1 aliphatic heterocycles. The van der Waals surface area contributed by atoms with Crippen LogP contribution in [0.25, 0.3) is 0 Å². The van der Waals surface area contributed by atoms with Gasteiger partial charge in [-0.1, -0.05) is 42.5 Å². The predicted molar refractivity (Wildman–Crippen MR) is 114 cm³/mol. The number of thioether (sulfide) groups is 1. The molecule has 2 aromatic rings. The number of para-hydroxylation sites is 1. The molecule has 0 saturated heterocycles. The fourth-order valence-electron chi connectivity index (χ4n) is 3.05. The zero-order valence-electron chi connectivity index (χ0n) is 16.1. The molecule has 0 bridgehead atoms. The number of aliphatic imine (C=N–C) groups is 1. The molecule has 29 heavy (non-hydrogen) atoms. The van der Waals surface area contributed by atoms with Crippen molar-refractivity contribution in [1.29, 1.82) is 0 Å². The molecule has 1 N–H and O–H groups in total. The van der Waals surface area contributed by atoms with E-state index in [2.05, 4.69) is 22.4 Å². The molecule has 0 aliphatic carbocycles. The van der Waals surface area contributed by atoms with Crippen LogP contribution in [0.3, 0.4) is 0 Å². The van der Waals surface area contributed by atoms with Gasteiger partial charge in [-0.15, -0.1) is 11.8 Å². The van der Waals surface area contributed by atoms with Gasteiger partial charge in [0.1, 0.15) is 5.57 Å². The highest BCUT2D eigenvalue weighted by atomic mass is 32.2. The van der Waals surface area contributed by atoms with Crippen molar-refractivity contribution in [1.82, 2.24) is 5.32 Å². The largest absolute Gasteiger partial charge is 0.465 e. The van der Waals surface area contributed by atoms with E-state index < -0.39 is 10.9 Å². The smallest absolute Gasteiger partial charge is 0.341 e. The van der Waals surface area contributed by atoms with Crippen LogP contribution in [0.5, 0.6) is 0 Å². The first-order valence-electron chi connectivity index (χ1n) is 9.04. The Kier molecular flexibility index (Phi) is 6.66. The fraction of sp³-hybridized carbons (Fsp3) is 0.238. The summed E-state index contributed by atoms with van der Waals surface area (Å²) in [5.74, 6) is 0.218. The van der Waals surface area contributed by atoms with E-state index in [9.17, 15) is 14.9 Å². The summed E-state index contributed by atoms with van der Waals surface area (Å²) >= 11 is 1.58. The van der Waals surface area contributed by atoms with Crippen LogP contribution in [0.1, 0.15) is 18.1 Å². The Balaban J connectivity index is 1.89. The lowest BCUT2D eigenvalue weighted by Crippen LogP contribution is -2.35. The normalized spacial score (nSPS) is 16.1. The SMILES string of the molecule is COC(=O)C1=C(C)NC(SCCc2ccccc2)N=C1c1ccccc1[N+](=O)[O-]. The van der Waals surface area contributed by atoms with E-state index in [-0.39, 0.29) is 22.5 Å². The molecular weight excluding hydrogens is 390 g/mol. The van der Waals surface area contributed by atoms with Gasteiger partial charge in [0.25, 0.3) is 5.69 Å². The number of methoxy groups -OCH3 is 1. The third-order valence-electron chi connectivity index (χ3n) is 4.45. The molecule has 7 nitrogen and oxygen atoms in total. The van der Waals surface area contributed by atoms with E-state index >= 15 is 0 Å². The van der Waals surface area contributed by atoms with Gasteiger partial charge in [0.05, 0.1) is 23.3 Å². The molecule has 1 aliphatic rings. The van der Waals surface area contributed by atoms with Crippen molar-refractivity contribution in [3.63, 3.8) is 0 Å². The summed E-state index contributed by atoms with van der Waals surface area (Å²) in [5, 5.41) is 14.7. The lowest BCUT2D eigenvalue weighted by atomic mass is 9.98. The highest BCUT2D eigenvalue weighted by Crippen LogP contribution is 2.28. The van der Waals surface area contributed by atoms with Crippen molar-refractivity contribution >= 4 is 29.1 Å². The van der Waals surface area contributed by atoms with Gasteiger partial charge in [0.15, 0.2) is 5.50 Å². The predicted octanol–water partition coefficient (Wildman–Crippen LogP) is 3.69. The summed E-state index contributed by atoms with van der Waals surface area (Å²) < 4.78 is 4.89. The van der Waals surface area contributed by atoms with E-state index in [1.807, 2.05) is 18.2 Å². The van der Waals surface area contributed by atoms with Crippen LogP contribution >= 0.6 is 11.8 Å². The van der Waals surface area contributed by atoms with Gasteiger partial charge in [-0.3, -0.25) is 10.1 Å². The number of rotatable bonds is 7. The van der Waals surface area contributed by atoms with E-state index in [4.69, 9.17) is 4.74 Å². The summed E-state index contributed by atoms with van der Waals surface area (Å²) in [4.78, 5) is 28.0. The zero-order valence-corrected chi connectivity index (χ0v) is 16.9. The first-order valence-corrected chi connectivity index (χ1v) is 10.1. The molecule has 0 saturated carbocycles. The highest BCUT2D eigenvalue weighted by molar-refractivity contribution is 7.99. The average Bonchev–Trinajstić information content (AvgIpc) is 2.73. The minimum absolute atomic E-state index is 0.101. The first kappa shape index (κ1) is 20.6. The number of hydrogen-bond acceptors (Lipinski definition) is 7. The van der Waals surface area contributed by atoms with Crippen molar-refractivity contribution < 1.29 is 14.5 Å². The minimum Gasteiger partial charge on any atom is -0.465 e. The fourth-order valence-corrected chi connectivity index (χ4v) is 4.07. The van der Waals surface area contributed by atoms with Crippen LogP contribution in [0.15, 0.2) is 70.9 Å². The van der Waals surface area contributed by atoms with Crippen LogP contribution in [0, 0.1) is 10.1 Å². The molecular formula is C21H21N3O4S. The van der Waals surface area contributed by atoms with E-state index in [0.717, 1.165) is 12.2 Å². The quantitative estimate of drug-likeness (QED) is 0.424. The maximum Gasteiger partial charge on any atom is 0.341 e. The number of nitro groups is 1. The summed E-state index contributed by atoms with van der Waals surface area (Å²) in [6, 6.07) is 16.4. The summed E-state index contributed by atoms with van der Waals surface area (Å²) in [5.41, 5.74) is 2.13. The number of nitrogens with one attached hydrogen (secondary N) is 1. The van der Waals surface area contributed by atoms with E-state index in [1.54, 1.807) is 36.9 Å². The number of esters is 1. The van der Waals surface area contributed by atoms with Crippen LogP contribution < -0.4 is 5.32 Å². The second kappa shape index (κ2) is 9.38. The van der Waals surface area contributed by atoms with Crippen LogP contribution in [0.2, 0.25) is 0 Å². The van der Waals surface area contributed by atoms with E-state index in [0.29, 0.717) is 11.3 Å². The number of ether oxygens (including phenoxy) is 1. The third-order valence-corrected chi connectivity index (χ3v) is 5.43. The Morgan fingerprint density at radius 3 is 2.59 bits per heavy atom. The van der Waals surface area contributed by atoms with Crippen LogP contribution in [0.4, 0.5) is 5.69 Å². The molecule has 1 heterocycles.